The summed E-state index contributed by atoms with van der Waals surface area (Å²) >= 11 is 0. The van der Waals surface area contributed by atoms with Gasteiger partial charge in [-0.2, -0.15) is 4.57 Å². The molecule has 0 amide bonds. The van der Waals surface area contributed by atoms with Gasteiger partial charge < -0.3 is 22.1 Å². The Morgan fingerprint density at radius 1 is 1.19 bits per heavy atom. The lowest BCUT2D eigenvalue weighted by Crippen LogP contribution is -3.00. The highest BCUT2D eigenvalue weighted by Gasteiger charge is 2.18. The summed E-state index contributed by atoms with van der Waals surface area (Å²) in [6.45, 7) is 0. The van der Waals surface area contributed by atoms with Gasteiger partial charge in [0.2, 0.25) is 0 Å². The zero-order chi connectivity index (χ0) is 10.7. The van der Waals surface area contributed by atoms with Gasteiger partial charge in [0.05, 0.1) is 6.42 Å². The molecule has 84 valence electrons. The molecular formula is C12H12BrNO2. The fourth-order valence-electron chi connectivity index (χ4n) is 1.63. The van der Waals surface area contributed by atoms with E-state index in [0.29, 0.717) is 18.4 Å². The molecule has 1 N–H and O–H groups in total. The molecule has 1 aliphatic carbocycles. The first kappa shape index (κ1) is 12.6. The number of aromatic nitrogens is 1. The maximum atomic E-state index is 10.8. The second-order valence-corrected chi connectivity index (χ2v) is 3.43. The number of rotatable bonds is 2. The van der Waals surface area contributed by atoms with E-state index in [4.69, 9.17) is 5.11 Å². The van der Waals surface area contributed by atoms with Crippen LogP contribution < -0.4 is 21.5 Å². The smallest absolute Gasteiger partial charge is 0.331 e. The molecule has 1 aromatic rings. The van der Waals surface area contributed by atoms with Crippen LogP contribution >= 0.6 is 0 Å². The largest absolute Gasteiger partial charge is 1.00 e. The summed E-state index contributed by atoms with van der Waals surface area (Å²) in [6, 6.07) is 5.80. The summed E-state index contributed by atoms with van der Waals surface area (Å²) in [5, 5.41) is 8.90. The Hall–Kier alpha value is -1.42. The number of pyridine rings is 1. The van der Waals surface area contributed by atoms with Gasteiger partial charge in [-0.25, -0.2) is 4.79 Å². The van der Waals surface area contributed by atoms with E-state index >= 15 is 0 Å². The summed E-state index contributed by atoms with van der Waals surface area (Å²) < 4.78 is 1.95. The molecule has 0 saturated heterocycles. The normalized spacial score (nSPS) is 14.5. The van der Waals surface area contributed by atoms with E-state index in [1.807, 2.05) is 41.2 Å². The van der Waals surface area contributed by atoms with Gasteiger partial charge in [0.15, 0.2) is 18.1 Å². The van der Waals surface area contributed by atoms with Gasteiger partial charge in [-0.1, -0.05) is 12.1 Å². The quantitative estimate of drug-likeness (QED) is 0.680. The van der Waals surface area contributed by atoms with Crippen LogP contribution in [0.15, 0.2) is 48.3 Å². The molecule has 0 spiro atoms. The van der Waals surface area contributed by atoms with Gasteiger partial charge in [-0.15, -0.1) is 0 Å². The number of carboxylic acid groups (broad SMARTS) is 1. The van der Waals surface area contributed by atoms with Crippen molar-refractivity contribution in [3.63, 3.8) is 0 Å². The van der Waals surface area contributed by atoms with Crippen LogP contribution in [0.4, 0.5) is 0 Å². The Labute approximate surface area is 104 Å². The van der Waals surface area contributed by atoms with Crippen LogP contribution in [0.5, 0.6) is 0 Å². The van der Waals surface area contributed by atoms with Gasteiger partial charge in [0, 0.05) is 17.7 Å². The maximum Gasteiger partial charge on any atom is 0.331 e. The number of carboxylic acids is 1. The Morgan fingerprint density at radius 2 is 1.88 bits per heavy atom. The third kappa shape index (κ3) is 2.79. The molecule has 2 rings (SSSR count). The average molecular weight is 282 g/mol. The van der Waals surface area contributed by atoms with Crippen molar-refractivity contribution in [3.8, 4) is 0 Å². The lowest BCUT2D eigenvalue weighted by atomic mass is 10.0. The van der Waals surface area contributed by atoms with Crippen molar-refractivity contribution in [2.24, 2.45) is 0 Å². The minimum absolute atomic E-state index is 0. The first-order valence-electron chi connectivity index (χ1n) is 4.85. The molecule has 16 heavy (non-hydrogen) atoms. The Balaban J connectivity index is 0.00000128. The molecule has 0 fully saturated rings. The molecule has 1 aliphatic rings. The fraction of sp³-hybridized carbons (Fsp3) is 0.167. The van der Waals surface area contributed by atoms with E-state index in [1.165, 1.54) is 0 Å². The highest BCUT2D eigenvalue weighted by atomic mass is 79.9. The Morgan fingerprint density at radius 3 is 2.50 bits per heavy atom. The van der Waals surface area contributed by atoms with Crippen molar-refractivity contribution >= 4 is 11.7 Å². The molecule has 1 heterocycles. The first-order chi connectivity index (χ1) is 7.27. The molecule has 0 radical (unpaired) electrons. The number of hydrogen-bond acceptors (Lipinski definition) is 1. The number of halogens is 1. The fourth-order valence-corrected chi connectivity index (χ4v) is 1.63. The summed E-state index contributed by atoms with van der Waals surface area (Å²) in [6.07, 6.45) is 8.85. The highest BCUT2D eigenvalue weighted by Crippen LogP contribution is 2.17. The number of allylic oxidation sites excluding steroid dienone is 3. The number of aliphatic carboxylic acids is 1. The summed E-state index contributed by atoms with van der Waals surface area (Å²) in [5.41, 5.74) is 1.50. The van der Waals surface area contributed by atoms with Crippen molar-refractivity contribution in [1.82, 2.24) is 0 Å². The van der Waals surface area contributed by atoms with Crippen molar-refractivity contribution in [2.45, 2.75) is 12.8 Å². The molecular weight excluding hydrogens is 270 g/mol. The van der Waals surface area contributed by atoms with Crippen molar-refractivity contribution < 1.29 is 31.4 Å². The van der Waals surface area contributed by atoms with Crippen molar-refractivity contribution in [1.29, 1.82) is 0 Å². The predicted molar refractivity (Wildman–Crippen MR) is 55.9 cm³/mol. The summed E-state index contributed by atoms with van der Waals surface area (Å²) in [7, 11) is 0. The molecule has 0 saturated carbocycles. The van der Waals surface area contributed by atoms with Crippen LogP contribution in [0.25, 0.3) is 5.70 Å². The zero-order valence-electron chi connectivity index (χ0n) is 8.64. The number of hydrogen-bond donors (Lipinski definition) is 1. The third-order valence-corrected chi connectivity index (χ3v) is 2.41. The number of carbonyl (C=O) groups is 1. The van der Waals surface area contributed by atoms with Crippen LogP contribution in [0.3, 0.4) is 0 Å². The highest BCUT2D eigenvalue weighted by molar-refractivity contribution is 5.88. The topological polar surface area (TPSA) is 41.2 Å². The van der Waals surface area contributed by atoms with E-state index in [2.05, 4.69) is 0 Å². The monoisotopic (exact) mass is 281 g/mol. The molecule has 1 aromatic heterocycles. The molecule has 0 aliphatic heterocycles. The molecule has 0 unspecified atom stereocenters. The van der Waals surface area contributed by atoms with Crippen molar-refractivity contribution in [3.05, 3.63) is 48.3 Å². The van der Waals surface area contributed by atoms with Crippen LogP contribution in [0.2, 0.25) is 0 Å². The molecule has 0 bridgehead atoms. The van der Waals surface area contributed by atoms with Gasteiger partial charge in [0.1, 0.15) is 0 Å². The van der Waals surface area contributed by atoms with Gasteiger partial charge in [-0.3, -0.25) is 0 Å². The zero-order valence-corrected chi connectivity index (χ0v) is 10.2. The minimum Gasteiger partial charge on any atom is -1.00 e. The standard InChI is InChI=1S/C12H11NO2.BrH/c14-12(15)10-5-4-6-11(9-10)13-7-2-1-3-8-13;/h1-3,5-8H,4,9H2;1H. The van der Waals surface area contributed by atoms with Gasteiger partial charge >= 0.3 is 5.97 Å². The SMILES string of the molecule is O=C(O)C1=CCC=C([n+]2ccccc2)C1.[Br-]. The first-order valence-corrected chi connectivity index (χ1v) is 4.85. The number of nitrogens with zero attached hydrogens (tertiary/aromatic N) is 1. The van der Waals surface area contributed by atoms with Crippen LogP contribution in [-0.2, 0) is 4.79 Å². The van der Waals surface area contributed by atoms with E-state index in [1.54, 1.807) is 6.08 Å². The van der Waals surface area contributed by atoms with Gasteiger partial charge in [0.25, 0.3) is 0 Å². The Bertz CT molecular complexity index is 438. The second kappa shape index (κ2) is 5.61. The van der Waals surface area contributed by atoms with Crippen LogP contribution in [0.1, 0.15) is 12.8 Å². The summed E-state index contributed by atoms with van der Waals surface area (Å²) in [5.74, 6) is -0.822. The van der Waals surface area contributed by atoms with Crippen molar-refractivity contribution in [2.75, 3.05) is 0 Å². The lowest BCUT2D eigenvalue weighted by molar-refractivity contribution is -0.583. The van der Waals surface area contributed by atoms with E-state index in [-0.39, 0.29) is 17.0 Å². The third-order valence-electron chi connectivity index (χ3n) is 2.41. The molecule has 3 nitrogen and oxygen atoms in total. The van der Waals surface area contributed by atoms with E-state index in [9.17, 15) is 4.79 Å². The lowest BCUT2D eigenvalue weighted by Gasteiger charge is -2.07. The maximum absolute atomic E-state index is 10.8. The molecule has 4 heteroatoms. The predicted octanol–water partition coefficient (Wildman–Crippen LogP) is -1.38. The van der Waals surface area contributed by atoms with E-state index < -0.39 is 5.97 Å². The summed E-state index contributed by atoms with van der Waals surface area (Å²) in [4.78, 5) is 10.8. The molecule has 0 atom stereocenters. The molecule has 0 aromatic carbocycles. The average Bonchev–Trinajstić information content (AvgIpc) is 2.30. The van der Waals surface area contributed by atoms with Crippen LogP contribution in [0, 0.1) is 0 Å². The van der Waals surface area contributed by atoms with E-state index in [0.717, 1.165) is 5.70 Å². The minimum atomic E-state index is -0.822. The van der Waals surface area contributed by atoms with Crippen LogP contribution in [-0.4, -0.2) is 11.1 Å². The Kier molecular flexibility index (Phi) is 4.43. The second-order valence-electron chi connectivity index (χ2n) is 3.43. The van der Waals surface area contributed by atoms with Gasteiger partial charge in [-0.05, 0) is 12.5 Å².